The van der Waals surface area contributed by atoms with Crippen molar-refractivity contribution in [3.8, 4) is 5.75 Å². The molecular weight excluding hydrogens is 368 g/mol. The highest BCUT2D eigenvalue weighted by Crippen LogP contribution is 2.47. The Morgan fingerprint density at radius 3 is 2.10 bits per heavy atom. The van der Waals surface area contributed by atoms with Crippen molar-refractivity contribution < 1.29 is 24.2 Å². The van der Waals surface area contributed by atoms with Crippen molar-refractivity contribution >= 4 is 17.3 Å². The van der Waals surface area contributed by atoms with Crippen molar-refractivity contribution in [1.82, 2.24) is 0 Å². The van der Waals surface area contributed by atoms with Gasteiger partial charge < -0.3 is 9.84 Å². The molecule has 0 bridgehead atoms. The molecule has 0 amide bonds. The first-order valence-corrected chi connectivity index (χ1v) is 10.1. The van der Waals surface area contributed by atoms with Crippen LogP contribution in [-0.2, 0) is 14.4 Å². The first-order chi connectivity index (χ1) is 13.4. The molecule has 1 fully saturated rings. The second-order valence-corrected chi connectivity index (χ2v) is 9.98. The van der Waals surface area contributed by atoms with Gasteiger partial charge in [0.05, 0.1) is 13.0 Å². The number of ether oxygens (including phenoxy) is 1. The fourth-order valence-electron chi connectivity index (χ4n) is 4.79. The van der Waals surface area contributed by atoms with Crippen LogP contribution in [0, 0.1) is 16.7 Å². The van der Waals surface area contributed by atoms with Crippen LogP contribution >= 0.6 is 0 Å². The van der Waals surface area contributed by atoms with Crippen LogP contribution in [0.2, 0.25) is 0 Å². The predicted molar refractivity (Wildman–Crippen MR) is 110 cm³/mol. The quantitative estimate of drug-likeness (QED) is 0.752. The summed E-state index contributed by atoms with van der Waals surface area (Å²) in [5, 5.41) is 10.8. The summed E-state index contributed by atoms with van der Waals surface area (Å²) in [7, 11) is 1.54. The van der Waals surface area contributed by atoms with E-state index in [1.807, 2.05) is 27.7 Å². The smallest absolute Gasteiger partial charge is 0.163 e. The van der Waals surface area contributed by atoms with Gasteiger partial charge in [0.1, 0.15) is 23.1 Å². The zero-order valence-corrected chi connectivity index (χ0v) is 17.9. The Kier molecular flexibility index (Phi) is 5.46. The number of methoxy groups -OCH3 is 1. The third-order valence-electron chi connectivity index (χ3n) is 5.99. The first kappa shape index (κ1) is 21.3. The van der Waals surface area contributed by atoms with Gasteiger partial charge in [0.25, 0.3) is 0 Å². The average molecular weight is 398 g/mol. The summed E-state index contributed by atoms with van der Waals surface area (Å²) < 4.78 is 5.32. The molecule has 156 valence electrons. The number of rotatable bonds is 4. The maximum atomic E-state index is 13.1. The van der Waals surface area contributed by atoms with E-state index in [0.29, 0.717) is 17.7 Å². The van der Waals surface area contributed by atoms with Gasteiger partial charge in [-0.25, -0.2) is 0 Å². The Hall–Kier alpha value is -2.43. The predicted octanol–water partition coefficient (Wildman–Crippen LogP) is 4.55. The SMILES string of the molecule is COc1cccc(C(C2=C(O)CC(C)(C)CC2=O)C2C(=O)CC(C)(C)CC2=O)c1. The number of carbonyl (C=O) groups is 3. The van der Waals surface area contributed by atoms with E-state index in [1.54, 1.807) is 31.4 Å². The molecule has 1 aromatic rings. The molecule has 1 aromatic carbocycles. The van der Waals surface area contributed by atoms with Crippen molar-refractivity contribution in [3.05, 3.63) is 41.2 Å². The number of aliphatic hydroxyl groups excluding tert-OH is 1. The van der Waals surface area contributed by atoms with Crippen molar-refractivity contribution in [2.45, 2.75) is 59.3 Å². The maximum absolute atomic E-state index is 13.1. The third kappa shape index (κ3) is 4.29. The Morgan fingerprint density at radius 2 is 1.55 bits per heavy atom. The van der Waals surface area contributed by atoms with Gasteiger partial charge in [0.2, 0.25) is 0 Å². The number of allylic oxidation sites excluding steroid dienone is 2. The zero-order chi connectivity index (χ0) is 21.6. The minimum Gasteiger partial charge on any atom is -0.512 e. The van der Waals surface area contributed by atoms with Crippen LogP contribution < -0.4 is 4.74 Å². The van der Waals surface area contributed by atoms with Crippen molar-refractivity contribution in [2.75, 3.05) is 7.11 Å². The second-order valence-electron chi connectivity index (χ2n) is 9.98. The molecule has 0 saturated heterocycles. The summed E-state index contributed by atoms with van der Waals surface area (Å²) in [6.45, 7) is 7.67. The highest BCUT2D eigenvalue weighted by atomic mass is 16.5. The van der Waals surface area contributed by atoms with Crippen molar-refractivity contribution in [3.63, 3.8) is 0 Å². The van der Waals surface area contributed by atoms with Gasteiger partial charge in [-0.05, 0) is 28.5 Å². The van der Waals surface area contributed by atoms with Gasteiger partial charge in [0, 0.05) is 37.2 Å². The topological polar surface area (TPSA) is 80.7 Å². The number of hydrogen-bond donors (Lipinski definition) is 1. The number of carbonyl (C=O) groups excluding carboxylic acids is 3. The van der Waals surface area contributed by atoms with E-state index < -0.39 is 17.3 Å². The molecule has 1 N–H and O–H groups in total. The fourth-order valence-corrected chi connectivity index (χ4v) is 4.79. The molecule has 0 heterocycles. The van der Waals surface area contributed by atoms with Crippen LogP contribution in [-0.4, -0.2) is 29.6 Å². The molecule has 2 aliphatic rings. The average Bonchev–Trinajstić information content (AvgIpc) is 2.57. The van der Waals surface area contributed by atoms with Crippen LogP contribution in [0.5, 0.6) is 5.75 Å². The van der Waals surface area contributed by atoms with E-state index in [1.165, 1.54) is 0 Å². The molecule has 0 radical (unpaired) electrons. The Morgan fingerprint density at radius 1 is 0.966 bits per heavy atom. The molecule has 0 aromatic heterocycles. The standard InChI is InChI=1S/C24H30O5/c1-23(2)10-16(25)21(17(26)11-23)20(14-7-6-8-15(9-14)29-5)22-18(27)12-24(3,4)13-19(22)28/h6-9,20-21,27H,10-13H2,1-5H3. The molecule has 2 aliphatic carbocycles. The normalized spacial score (nSPS) is 23.3. The Labute approximate surface area is 172 Å². The monoisotopic (exact) mass is 398 g/mol. The second kappa shape index (κ2) is 7.43. The van der Waals surface area contributed by atoms with Gasteiger partial charge in [0.15, 0.2) is 5.78 Å². The molecule has 0 spiro atoms. The molecule has 0 aliphatic heterocycles. The van der Waals surface area contributed by atoms with Crippen LogP contribution in [0.25, 0.3) is 0 Å². The van der Waals surface area contributed by atoms with Crippen LogP contribution in [0.1, 0.15) is 64.9 Å². The summed E-state index contributed by atoms with van der Waals surface area (Å²) in [5.41, 5.74) is 0.111. The molecule has 5 nitrogen and oxygen atoms in total. The highest BCUT2D eigenvalue weighted by Gasteiger charge is 2.48. The number of hydrogen-bond acceptors (Lipinski definition) is 5. The lowest BCUT2D eigenvalue weighted by Crippen LogP contribution is -2.43. The van der Waals surface area contributed by atoms with Gasteiger partial charge in [-0.2, -0.15) is 0 Å². The van der Waals surface area contributed by atoms with Gasteiger partial charge >= 0.3 is 0 Å². The van der Waals surface area contributed by atoms with Crippen LogP contribution in [0.4, 0.5) is 0 Å². The van der Waals surface area contributed by atoms with E-state index in [-0.39, 0.29) is 53.4 Å². The molecular formula is C24H30O5. The Bertz CT molecular complexity index is 870. The van der Waals surface area contributed by atoms with Gasteiger partial charge in [-0.3, -0.25) is 14.4 Å². The molecule has 1 atom stereocenters. The lowest BCUT2D eigenvalue weighted by Gasteiger charge is -2.39. The summed E-state index contributed by atoms with van der Waals surface area (Å²) >= 11 is 0. The largest absolute Gasteiger partial charge is 0.512 e. The highest BCUT2D eigenvalue weighted by molar-refractivity contribution is 6.09. The summed E-state index contributed by atoms with van der Waals surface area (Å²) in [6, 6.07) is 7.09. The maximum Gasteiger partial charge on any atom is 0.163 e. The molecule has 1 unspecified atom stereocenters. The van der Waals surface area contributed by atoms with E-state index in [0.717, 1.165) is 0 Å². The minimum absolute atomic E-state index is 0.00972. The van der Waals surface area contributed by atoms with Crippen molar-refractivity contribution in [1.29, 1.82) is 0 Å². The lowest BCUT2D eigenvalue weighted by atomic mass is 9.62. The summed E-state index contributed by atoms with van der Waals surface area (Å²) in [4.78, 5) is 39.3. The number of benzene rings is 1. The fraction of sp³-hybridized carbons (Fsp3) is 0.542. The number of ketones is 3. The number of Topliss-reactive ketones (excluding diaryl/α,β-unsaturated/α-hetero) is 3. The van der Waals surface area contributed by atoms with E-state index in [4.69, 9.17) is 4.74 Å². The lowest BCUT2D eigenvalue weighted by molar-refractivity contribution is -0.140. The Balaban J connectivity index is 2.17. The summed E-state index contributed by atoms with van der Waals surface area (Å²) in [6.07, 6.45) is 1.16. The van der Waals surface area contributed by atoms with Gasteiger partial charge in [-0.1, -0.05) is 39.8 Å². The van der Waals surface area contributed by atoms with Gasteiger partial charge in [-0.15, -0.1) is 0 Å². The summed E-state index contributed by atoms with van der Waals surface area (Å²) in [5.74, 6) is -1.72. The minimum atomic E-state index is -0.961. The molecule has 5 heteroatoms. The van der Waals surface area contributed by atoms with Crippen LogP contribution in [0.15, 0.2) is 35.6 Å². The van der Waals surface area contributed by atoms with E-state index in [9.17, 15) is 19.5 Å². The van der Waals surface area contributed by atoms with Crippen LogP contribution in [0.3, 0.4) is 0 Å². The molecule has 3 rings (SSSR count). The van der Waals surface area contributed by atoms with Crippen molar-refractivity contribution in [2.24, 2.45) is 16.7 Å². The molecule has 29 heavy (non-hydrogen) atoms. The zero-order valence-electron chi connectivity index (χ0n) is 17.9. The molecule has 1 saturated carbocycles. The van der Waals surface area contributed by atoms with E-state index >= 15 is 0 Å². The first-order valence-electron chi connectivity index (χ1n) is 10.1. The number of aliphatic hydroxyl groups is 1. The van der Waals surface area contributed by atoms with E-state index in [2.05, 4.69) is 0 Å². The third-order valence-corrected chi connectivity index (χ3v) is 5.99.